The first-order chi connectivity index (χ1) is 9.92. The maximum Gasteiger partial charge on any atom is 0.0594 e. The highest BCUT2D eigenvalue weighted by atomic mass is 16.5. The van der Waals surface area contributed by atoms with Crippen LogP contribution in [-0.4, -0.2) is 74.4 Å². The average Bonchev–Trinajstić information content (AvgIpc) is 2.98. The molecule has 0 radical (unpaired) electrons. The predicted molar refractivity (Wildman–Crippen MR) is 82.1 cm³/mol. The molecule has 0 amide bonds. The summed E-state index contributed by atoms with van der Waals surface area (Å²) in [6.07, 6.45) is 8.46. The molecule has 0 spiro atoms. The lowest BCUT2D eigenvalue weighted by Crippen LogP contribution is -2.45. The van der Waals surface area contributed by atoms with E-state index in [0.29, 0.717) is 0 Å². The van der Waals surface area contributed by atoms with Gasteiger partial charge in [-0.2, -0.15) is 0 Å². The first-order valence-electron chi connectivity index (χ1n) is 8.69. The summed E-state index contributed by atoms with van der Waals surface area (Å²) in [4.78, 5) is 5.29. The smallest absolute Gasteiger partial charge is 0.0594 e. The third-order valence-electron chi connectivity index (χ3n) is 5.28. The average molecular weight is 281 g/mol. The fourth-order valence-corrected chi connectivity index (χ4v) is 3.99. The lowest BCUT2D eigenvalue weighted by atomic mass is 9.95. The second-order valence-corrected chi connectivity index (χ2v) is 6.68. The molecule has 3 aliphatic rings. The zero-order chi connectivity index (χ0) is 13.6. The molecule has 4 nitrogen and oxygen atoms in total. The van der Waals surface area contributed by atoms with Gasteiger partial charge in [-0.15, -0.1) is 0 Å². The van der Waals surface area contributed by atoms with Gasteiger partial charge in [0.1, 0.15) is 0 Å². The fourth-order valence-electron chi connectivity index (χ4n) is 3.99. The normalized spacial score (nSPS) is 30.9. The summed E-state index contributed by atoms with van der Waals surface area (Å²) in [7, 11) is 0. The molecule has 1 aliphatic carbocycles. The Hall–Kier alpha value is -0.160. The van der Waals surface area contributed by atoms with E-state index in [1.165, 1.54) is 64.7 Å². The van der Waals surface area contributed by atoms with Crippen molar-refractivity contribution in [1.29, 1.82) is 0 Å². The molecule has 3 rings (SSSR count). The fraction of sp³-hybridized carbons (Fsp3) is 1.00. The van der Waals surface area contributed by atoms with Crippen LogP contribution in [0.5, 0.6) is 0 Å². The molecule has 2 heterocycles. The van der Waals surface area contributed by atoms with E-state index in [2.05, 4.69) is 15.1 Å². The minimum absolute atomic E-state index is 0.786. The largest absolute Gasteiger partial charge is 0.379 e. The Morgan fingerprint density at radius 1 is 0.950 bits per heavy atom. The molecule has 0 aromatic heterocycles. The Kier molecular flexibility index (Phi) is 5.71. The Bertz CT molecular complexity index is 275. The van der Waals surface area contributed by atoms with Crippen LogP contribution in [0.15, 0.2) is 0 Å². The van der Waals surface area contributed by atoms with Crippen LogP contribution in [0.4, 0.5) is 0 Å². The number of nitrogens with zero attached hydrogens (tertiary/aromatic N) is 2. The van der Waals surface area contributed by atoms with E-state index in [4.69, 9.17) is 4.74 Å². The molecule has 1 unspecified atom stereocenters. The molecule has 1 saturated carbocycles. The van der Waals surface area contributed by atoms with Crippen molar-refractivity contribution < 1.29 is 4.74 Å². The third-order valence-corrected chi connectivity index (χ3v) is 5.28. The highest BCUT2D eigenvalue weighted by Gasteiger charge is 2.28. The van der Waals surface area contributed by atoms with E-state index in [-0.39, 0.29) is 0 Å². The number of nitrogens with one attached hydrogen (secondary N) is 1. The molecule has 3 fully saturated rings. The van der Waals surface area contributed by atoms with Gasteiger partial charge in [-0.05, 0) is 25.8 Å². The van der Waals surface area contributed by atoms with Crippen LogP contribution in [0.25, 0.3) is 0 Å². The molecule has 4 heteroatoms. The second kappa shape index (κ2) is 7.74. The number of hydrogen-bond acceptors (Lipinski definition) is 4. The number of likely N-dealkylation sites (tertiary alicyclic amines) is 1. The number of rotatable bonds is 5. The lowest BCUT2D eigenvalue weighted by Gasteiger charge is -2.32. The summed E-state index contributed by atoms with van der Waals surface area (Å²) in [5, 5.41) is 3.77. The van der Waals surface area contributed by atoms with Crippen molar-refractivity contribution in [2.45, 2.75) is 50.6 Å². The quantitative estimate of drug-likeness (QED) is 0.822. The van der Waals surface area contributed by atoms with Crippen LogP contribution in [0, 0.1) is 0 Å². The van der Waals surface area contributed by atoms with E-state index in [9.17, 15) is 0 Å². The summed E-state index contributed by atoms with van der Waals surface area (Å²) in [6, 6.07) is 1.59. The zero-order valence-corrected chi connectivity index (χ0v) is 12.9. The van der Waals surface area contributed by atoms with Gasteiger partial charge in [-0.25, -0.2) is 0 Å². The van der Waals surface area contributed by atoms with Gasteiger partial charge in [0.15, 0.2) is 0 Å². The monoisotopic (exact) mass is 281 g/mol. The first-order valence-corrected chi connectivity index (χ1v) is 8.69. The van der Waals surface area contributed by atoms with Crippen LogP contribution in [0.3, 0.4) is 0 Å². The topological polar surface area (TPSA) is 27.7 Å². The molecule has 1 atom stereocenters. The van der Waals surface area contributed by atoms with Gasteiger partial charge in [0.25, 0.3) is 0 Å². The maximum atomic E-state index is 5.45. The Morgan fingerprint density at radius 2 is 1.75 bits per heavy atom. The van der Waals surface area contributed by atoms with Crippen molar-refractivity contribution in [3.05, 3.63) is 0 Å². The van der Waals surface area contributed by atoms with Crippen molar-refractivity contribution in [3.63, 3.8) is 0 Å². The van der Waals surface area contributed by atoms with Gasteiger partial charge in [0, 0.05) is 44.8 Å². The van der Waals surface area contributed by atoms with Crippen LogP contribution in [-0.2, 0) is 4.74 Å². The van der Waals surface area contributed by atoms with Gasteiger partial charge in [-0.3, -0.25) is 4.90 Å². The van der Waals surface area contributed by atoms with Crippen molar-refractivity contribution in [2.24, 2.45) is 0 Å². The minimum atomic E-state index is 0.786. The van der Waals surface area contributed by atoms with E-state index < -0.39 is 0 Å². The number of ether oxygens (including phenoxy) is 1. The van der Waals surface area contributed by atoms with Crippen LogP contribution in [0.2, 0.25) is 0 Å². The molecule has 0 aromatic rings. The SMILES string of the molecule is C1CCC(NCCN2CCC(N3CCOCC3)C2)CC1. The highest BCUT2D eigenvalue weighted by molar-refractivity contribution is 4.85. The van der Waals surface area contributed by atoms with Crippen molar-refractivity contribution in [3.8, 4) is 0 Å². The van der Waals surface area contributed by atoms with Gasteiger partial charge >= 0.3 is 0 Å². The Labute approximate surface area is 123 Å². The van der Waals surface area contributed by atoms with Crippen LogP contribution < -0.4 is 5.32 Å². The molecule has 116 valence electrons. The maximum absolute atomic E-state index is 5.45. The Balaban J connectivity index is 1.31. The van der Waals surface area contributed by atoms with Gasteiger partial charge in [0.05, 0.1) is 13.2 Å². The Morgan fingerprint density at radius 3 is 2.55 bits per heavy atom. The summed E-state index contributed by atoms with van der Waals surface area (Å²) in [6.45, 7) is 9.11. The molecule has 1 N–H and O–H groups in total. The van der Waals surface area contributed by atoms with E-state index in [0.717, 1.165) is 38.4 Å². The summed E-state index contributed by atoms with van der Waals surface area (Å²) >= 11 is 0. The number of morpholine rings is 1. The van der Waals surface area contributed by atoms with E-state index >= 15 is 0 Å². The molecule has 2 saturated heterocycles. The summed E-state index contributed by atoms with van der Waals surface area (Å²) in [5.41, 5.74) is 0. The summed E-state index contributed by atoms with van der Waals surface area (Å²) < 4.78 is 5.45. The first kappa shape index (κ1) is 14.8. The molecule has 20 heavy (non-hydrogen) atoms. The molecule has 0 aromatic carbocycles. The van der Waals surface area contributed by atoms with Gasteiger partial charge < -0.3 is 15.0 Å². The molecule has 2 aliphatic heterocycles. The van der Waals surface area contributed by atoms with Crippen LogP contribution >= 0.6 is 0 Å². The summed E-state index contributed by atoms with van der Waals surface area (Å²) in [5.74, 6) is 0. The van der Waals surface area contributed by atoms with Gasteiger partial charge in [-0.1, -0.05) is 19.3 Å². The van der Waals surface area contributed by atoms with Crippen LogP contribution in [0.1, 0.15) is 38.5 Å². The molecular weight excluding hydrogens is 250 g/mol. The molecule has 0 bridgehead atoms. The zero-order valence-electron chi connectivity index (χ0n) is 12.9. The van der Waals surface area contributed by atoms with E-state index in [1.54, 1.807) is 0 Å². The lowest BCUT2D eigenvalue weighted by molar-refractivity contribution is 0.0185. The van der Waals surface area contributed by atoms with E-state index in [1.807, 2.05) is 0 Å². The van der Waals surface area contributed by atoms with Crippen molar-refractivity contribution in [1.82, 2.24) is 15.1 Å². The predicted octanol–water partition coefficient (Wildman–Crippen LogP) is 1.32. The minimum Gasteiger partial charge on any atom is -0.379 e. The van der Waals surface area contributed by atoms with Gasteiger partial charge in [0.2, 0.25) is 0 Å². The van der Waals surface area contributed by atoms with Crippen molar-refractivity contribution in [2.75, 3.05) is 52.5 Å². The highest BCUT2D eigenvalue weighted by Crippen LogP contribution is 2.18. The third kappa shape index (κ3) is 4.17. The second-order valence-electron chi connectivity index (χ2n) is 6.68. The standard InChI is InChI=1S/C16H31N3O/c1-2-4-15(5-3-1)17-7-9-18-8-6-16(14-18)19-10-12-20-13-11-19/h15-17H,1-14H2. The van der Waals surface area contributed by atoms with Crippen molar-refractivity contribution >= 4 is 0 Å². The number of hydrogen-bond donors (Lipinski definition) is 1. The molecular formula is C16H31N3O.